The van der Waals surface area contributed by atoms with Gasteiger partial charge in [0.25, 0.3) is 0 Å². The number of aliphatic hydroxyl groups excluding tert-OH is 1. The Morgan fingerprint density at radius 2 is 2.07 bits per heavy atom. The summed E-state index contributed by atoms with van der Waals surface area (Å²) in [5.41, 5.74) is 3.76. The summed E-state index contributed by atoms with van der Waals surface area (Å²) in [5, 5.41) is 13.4. The van der Waals surface area contributed by atoms with Crippen LogP contribution in [-0.2, 0) is 13.0 Å². The van der Waals surface area contributed by atoms with Gasteiger partial charge in [0.2, 0.25) is 5.95 Å². The SMILES string of the molecule is CC1(C)Cc2nc(N3CCC(O)CC3)ncc2[C@@H](NCc2cccnc2)C1. The van der Waals surface area contributed by atoms with Crippen molar-refractivity contribution in [1.82, 2.24) is 20.3 Å². The molecule has 1 saturated heterocycles. The lowest BCUT2D eigenvalue weighted by molar-refractivity contribution is 0.145. The van der Waals surface area contributed by atoms with Crippen LogP contribution in [0.4, 0.5) is 5.95 Å². The molecule has 1 fully saturated rings. The van der Waals surface area contributed by atoms with Crippen molar-refractivity contribution < 1.29 is 5.11 Å². The summed E-state index contributed by atoms with van der Waals surface area (Å²) in [4.78, 5) is 16.0. The average Bonchev–Trinajstić information content (AvgIpc) is 2.66. The Morgan fingerprint density at radius 1 is 1.26 bits per heavy atom. The van der Waals surface area contributed by atoms with Crippen LogP contribution >= 0.6 is 0 Å². The fraction of sp³-hybridized carbons (Fsp3) is 0.571. The predicted octanol–water partition coefficient (Wildman–Crippen LogP) is 2.64. The normalized spacial score (nSPS) is 22.5. The van der Waals surface area contributed by atoms with E-state index in [1.807, 2.05) is 18.5 Å². The van der Waals surface area contributed by atoms with Gasteiger partial charge in [0.15, 0.2) is 0 Å². The number of piperidine rings is 1. The molecule has 0 bridgehead atoms. The highest BCUT2D eigenvalue weighted by atomic mass is 16.3. The smallest absolute Gasteiger partial charge is 0.225 e. The minimum atomic E-state index is -0.182. The van der Waals surface area contributed by atoms with Crippen molar-refractivity contribution >= 4 is 5.95 Å². The summed E-state index contributed by atoms with van der Waals surface area (Å²) in [6.07, 6.45) is 9.17. The van der Waals surface area contributed by atoms with E-state index in [1.165, 1.54) is 11.1 Å². The molecule has 6 heteroatoms. The molecule has 2 aliphatic rings. The van der Waals surface area contributed by atoms with Gasteiger partial charge in [-0.05, 0) is 42.7 Å². The number of aromatic nitrogens is 3. The van der Waals surface area contributed by atoms with Gasteiger partial charge in [-0.25, -0.2) is 9.97 Å². The standard InChI is InChI=1S/C21H29N5O/c1-21(2)10-18(23-13-15-4-3-7-22-12-15)17-14-24-20(25-19(17)11-21)26-8-5-16(27)6-9-26/h3-4,7,12,14,16,18,23,27H,5-6,8-11,13H2,1-2H3/t18-/m0/s1. The van der Waals surface area contributed by atoms with Crippen molar-refractivity contribution in [3.63, 3.8) is 0 Å². The van der Waals surface area contributed by atoms with Crippen molar-refractivity contribution in [3.05, 3.63) is 47.5 Å². The van der Waals surface area contributed by atoms with E-state index < -0.39 is 0 Å². The van der Waals surface area contributed by atoms with Crippen molar-refractivity contribution in [2.24, 2.45) is 5.41 Å². The molecule has 0 radical (unpaired) electrons. The van der Waals surface area contributed by atoms with Gasteiger partial charge in [-0.15, -0.1) is 0 Å². The molecule has 27 heavy (non-hydrogen) atoms. The molecule has 3 heterocycles. The molecule has 0 amide bonds. The molecule has 4 rings (SSSR count). The van der Waals surface area contributed by atoms with E-state index >= 15 is 0 Å². The Hall–Kier alpha value is -2.05. The highest BCUT2D eigenvalue weighted by Gasteiger charge is 2.34. The van der Waals surface area contributed by atoms with Gasteiger partial charge in [0, 0.05) is 49.8 Å². The van der Waals surface area contributed by atoms with E-state index in [0.717, 1.165) is 57.0 Å². The number of nitrogens with one attached hydrogen (secondary N) is 1. The maximum absolute atomic E-state index is 9.74. The third-order valence-electron chi connectivity index (χ3n) is 5.69. The van der Waals surface area contributed by atoms with Gasteiger partial charge < -0.3 is 15.3 Å². The number of rotatable bonds is 4. The zero-order chi connectivity index (χ0) is 18.9. The summed E-state index contributed by atoms with van der Waals surface area (Å²) >= 11 is 0. The second-order valence-electron chi connectivity index (χ2n) is 8.63. The van der Waals surface area contributed by atoms with Crippen LogP contribution in [0.5, 0.6) is 0 Å². The third kappa shape index (κ3) is 4.28. The number of hydrogen-bond acceptors (Lipinski definition) is 6. The summed E-state index contributed by atoms with van der Waals surface area (Å²) in [7, 11) is 0. The van der Waals surface area contributed by atoms with Crippen LogP contribution in [-0.4, -0.2) is 39.3 Å². The van der Waals surface area contributed by atoms with Crippen molar-refractivity contribution in [1.29, 1.82) is 0 Å². The molecular weight excluding hydrogens is 338 g/mol. The number of pyridine rings is 1. The molecular formula is C21H29N5O. The van der Waals surface area contributed by atoms with Crippen LogP contribution in [0.15, 0.2) is 30.7 Å². The number of nitrogens with zero attached hydrogens (tertiary/aromatic N) is 4. The van der Waals surface area contributed by atoms with E-state index in [-0.39, 0.29) is 17.6 Å². The number of aliphatic hydroxyl groups is 1. The molecule has 0 unspecified atom stereocenters. The number of fused-ring (bicyclic) bond motifs is 1. The average molecular weight is 367 g/mol. The molecule has 0 aromatic carbocycles. The van der Waals surface area contributed by atoms with Crippen molar-refractivity contribution in [2.45, 2.75) is 58.2 Å². The van der Waals surface area contributed by atoms with Crippen LogP contribution in [0, 0.1) is 5.41 Å². The summed E-state index contributed by atoms with van der Waals surface area (Å²) in [5.74, 6) is 0.810. The molecule has 1 aliphatic carbocycles. The Morgan fingerprint density at radius 3 is 2.81 bits per heavy atom. The number of anilines is 1. The first-order chi connectivity index (χ1) is 13.0. The maximum atomic E-state index is 9.74. The third-order valence-corrected chi connectivity index (χ3v) is 5.69. The molecule has 2 aromatic heterocycles. The van der Waals surface area contributed by atoms with Crippen LogP contribution in [0.25, 0.3) is 0 Å². The van der Waals surface area contributed by atoms with Gasteiger partial charge in [-0.1, -0.05) is 19.9 Å². The topological polar surface area (TPSA) is 74.2 Å². The van der Waals surface area contributed by atoms with E-state index in [4.69, 9.17) is 4.98 Å². The maximum Gasteiger partial charge on any atom is 0.225 e. The quantitative estimate of drug-likeness (QED) is 0.865. The Labute approximate surface area is 161 Å². The molecule has 6 nitrogen and oxygen atoms in total. The largest absolute Gasteiger partial charge is 0.393 e. The summed E-state index contributed by atoms with van der Waals surface area (Å²) in [6, 6.07) is 4.32. The van der Waals surface area contributed by atoms with Crippen molar-refractivity contribution in [2.75, 3.05) is 18.0 Å². The molecule has 1 aliphatic heterocycles. The van der Waals surface area contributed by atoms with Crippen LogP contribution in [0.1, 0.15) is 56.0 Å². The lowest BCUT2D eigenvalue weighted by atomic mass is 9.74. The van der Waals surface area contributed by atoms with E-state index in [2.05, 4.69) is 40.1 Å². The summed E-state index contributed by atoms with van der Waals surface area (Å²) < 4.78 is 0. The van der Waals surface area contributed by atoms with E-state index in [1.54, 1.807) is 6.20 Å². The highest BCUT2D eigenvalue weighted by molar-refractivity contribution is 5.37. The zero-order valence-electron chi connectivity index (χ0n) is 16.2. The van der Waals surface area contributed by atoms with E-state index in [0.29, 0.717) is 0 Å². The Kier molecular flexibility index (Phi) is 5.10. The molecule has 0 spiro atoms. The first kappa shape index (κ1) is 18.3. The molecule has 144 valence electrons. The highest BCUT2D eigenvalue weighted by Crippen LogP contribution is 2.40. The first-order valence-electron chi connectivity index (χ1n) is 9.91. The fourth-order valence-electron chi connectivity index (χ4n) is 4.18. The van der Waals surface area contributed by atoms with Gasteiger partial charge in [-0.2, -0.15) is 0 Å². The minimum Gasteiger partial charge on any atom is -0.393 e. The minimum absolute atomic E-state index is 0.182. The Bertz CT molecular complexity index is 771. The second kappa shape index (κ2) is 7.52. The van der Waals surface area contributed by atoms with Crippen LogP contribution in [0.3, 0.4) is 0 Å². The van der Waals surface area contributed by atoms with Gasteiger partial charge in [-0.3, -0.25) is 4.98 Å². The molecule has 0 saturated carbocycles. The monoisotopic (exact) mass is 367 g/mol. The fourth-order valence-corrected chi connectivity index (χ4v) is 4.18. The van der Waals surface area contributed by atoms with Gasteiger partial charge >= 0.3 is 0 Å². The number of hydrogen-bond donors (Lipinski definition) is 2. The molecule has 2 N–H and O–H groups in total. The second-order valence-corrected chi connectivity index (χ2v) is 8.63. The summed E-state index contributed by atoms with van der Waals surface area (Å²) in [6.45, 7) is 7.07. The van der Waals surface area contributed by atoms with Crippen LogP contribution in [0.2, 0.25) is 0 Å². The van der Waals surface area contributed by atoms with Gasteiger partial charge in [0.05, 0.1) is 11.8 Å². The van der Waals surface area contributed by atoms with E-state index in [9.17, 15) is 5.11 Å². The van der Waals surface area contributed by atoms with Gasteiger partial charge in [0.1, 0.15) is 0 Å². The zero-order valence-corrected chi connectivity index (χ0v) is 16.2. The lowest BCUT2D eigenvalue weighted by Crippen LogP contribution is -2.38. The van der Waals surface area contributed by atoms with Crippen molar-refractivity contribution in [3.8, 4) is 0 Å². The molecule has 1 atom stereocenters. The lowest BCUT2D eigenvalue weighted by Gasteiger charge is -2.37. The first-order valence-corrected chi connectivity index (χ1v) is 9.91. The molecule has 2 aromatic rings. The predicted molar refractivity (Wildman–Crippen MR) is 105 cm³/mol. The van der Waals surface area contributed by atoms with Crippen LogP contribution < -0.4 is 10.2 Å². The Balaban J connectivity index is 1.54.